The highest BCUT2D eigenvalue weighted by molar-refractivity contribution is 7.92. The first-order valence-electron chi connectivity index (χ1n) is 6.03. The summed E-state index contributed by atoms with van der Waals surface area (Å²) in [5.74, 6) is 0. The third-order valence-corrected chi connectivity index (χ3v) is 5.70. The van der Waals surface area contributed by atoms with Crippen LogP contribution in [0.1, 0.15) is 19.4 Å². The Bertz CT molecular complexity index is 510. The van der Waals surface area contributed by atoms with E-state index >= 15 is 0 Å². The molecule has 5 heteroatoms. The zero-order chi connectivity index (χ0) is 13.4. The molecule has 1 fully saturated rings. The molecule has 1 aliphatic rings. The maximum Gasteiger partial charge on any atom is 0.180 e. The van der Waals surface area contributed by atoms with Crippen LogP contribution >= 0.6 is 0 Å². The van der Waals surface area contributed by atoms with E-state index in [9.17, 15) is 8.42 Å². The first-order valence-corrected chi connectivity index (χ1v) is 7.58. The summed E-state index contributed by atoms with van der Waals surface area (Å²) >= 11 is 0. The van der Waals surface area contributed by atoms with Crippen molar-refractivity contribution in [3.8, 4) is 0 Å². The minimum Gasteiger partial charge on any atom is -0.377 e. The maximum atomic E-state index is 12.0. The highest BCUT2D eigenvalue weighted by atomic mass is 32.2. The van der Waals surface area contributed by atoms with E-state index in [0.29, 0.717) is 18.1 Å². The van der Waals surface area contributed by atoms with Gasteiger partial charge in [-0.25, -0.2) is 8.42 Å². The quantitative estimate of drug-likeness (QED) is 0.895. The molecule has 1 aromatic carbocycles. The van der Waals surface area contributed by atoms with Crippen molar-refractivity contribution in [1.82, 2.24) is 5.32 Å². The monoisotopic (exact) mass is 269 g/mol. The molecule has 0 bridgehead atoms. The lowest BCUT2D eigenvalue weighted by atomic mass is 9.88. The van der Waals surface area contributed by atoms with Gasteiger partial charge < -0.3 is 10.1 Å². The van der Waals surface area contributed by atoms with Gasteiger partial charge in [0, 0.05) is 0 Å². The zero-order valence-corrected chi connectivity index (χ0v) is 11.8. The molecular formula is C13H19NO3S. The van der Waals surface area contributed by atoms with Gasteiger partial charge in [0.05, 0.1) is 28.9 Å². The Morgan fingerprint density at radius 2 is 1.78 bits per heavy atom. The fourth-order valence-electron chi connectivity index (χ4n) is 2.00. The van der Waals surface area contributed by atoms with Crippen LogP contribution in [0.2, 0.25) is 0 Å². The molecule has 100 valence electrons. The predicted octanol–water partition coefficient (Wildman–Crippen LogP) is 1.31. The topological polar surface area (TPSA) is 55.4 Å². The van der Waals surface area contributed by atoms with E-state index < -0.39 is 15.1 Å². The first kappa shape index (κ1) is 13.5. The molecule has 0 aromatic heterocycles. The molecule has 1 heterocycles. The number of rotatable bonds is 4. The summed E-state index contributed by atoms with van der Waals surface area (Å²) in [7, 11) is -1.30. The normalized spacial score (nSPS) is 18.7. The smallest absolute Gasteiger partial charge is 0.180 e. The van der Waals surface area contributed by atoms with Gasteiger partial charge in [0.1, 0.15) is 0 Å². The Hall–Kier alpha value is -0.910. The molecule has 2 rings (SSSR count). The van der Waals surface area contributed by atoms with E-state index in [1.165, 1.54) is 0 Å². The van der Waals surface area contributed by atoms with Gasteiger partial charge in [-0.2, -0.15) is 0 Å². The second-order valence-electron chi connectivity index (χ2n) is 4.94. The van der Waals surface area contributed by atoms with Crippen molar-refractivity contribution in [3.63, 3.8) is 0 Å². The minimum atomic E-state index is -3.19. The van der Waals surface area contributed by atoms with E-state index in [1.807, 2.05) is 19.2 Å². The summed E-state index contributed by atoms with van der Waals surface area (Å²) in [6.07, 6.45) is 0. The molecule has 18 heavy (non-hydrogen) atoms. The second kappa shape index (κ2) is 4.64. The van der Waals surface area contributed by atoms with Crippen molar-refractivity contribution in [2.75, 3.05) is 20.3 Å². The van der Waals surface area contributed by atoms with Gasteiger partial charge in [-0.15, -0.1) is 0 Å². The molecule has 0 aliphatic carbocycles. The van der Waals surface area contributed by atoms with E-state index in [-0.39, 0.29) is 5.54 Å². The highest BCUT2D eigenvalue weighted by Crippen LogP contribution is 2.30. The molecule has 1 saturated heterocycles. The summed E-state index contributed by atoms with van der Waals surface area (Å²) in [4.78, 5) is 0.382. The van der Waals surface area contributed by atoms with Crippen LogP contribution in [0.5, 0.6) is 0 Å². The van der Waals surface area contributed by atoms with Gasteiger partial charge in [0.25, 0.3) is 0 Å². The lowest BCUT2D eigenvalue weighted by molar-refractivity contribution is -0.0748. The van der Waals surface area contributed by atoms with Gasteiger partial charge in [-0.05, 0) is 38.6 Å². The third-order valence-electron chi connectivity index (χ3n) is 3.53. The Morgan fingerprint density at radius 1 is 1.22 bits per heavy atom. The van der Waals surface area contributed by atoms with E-state index in [4.69, 9.17) is 4.74 Å². The van der Waals surface area contributed by atoms with Crippen molar-refractivity contribution in [2.45, 2.75) is 29.5 Å². The van der Waals surface area contributed by atoms with Gasteiger partial charge in [-0.3, -0.25) is 0 Å². The van der Waals surface area contributed by atoms with Crippen molar-refractivity contribution in [2.24, 2.45) is 0 Å². The van der Waals surface area contributed by atoms with Crippen molar-refractivity contribution in [1.29, 1.82) is 0 Å². The van der Waals surface area contributed by atoms with Crippen molar-refractivity contribution < 1.29 is 13.2 Å². The van der Waals surface area contributed by atoms with Crippen LogP contribution in [0.4, 0.5) is 0 Å². The molecule has 1 aromatic rings. The Morgan fingerprint density at radius 3 is 2.11 bits per heavy atom. The average molecular weight is 269 g/mol. The fourth-order valence-corrected chi connectivity index (χ4v) is 3.06. The molecule has 0 saturated carbocycles. The summed E-state index contributed by atoms with van der Waals surface area (Å²) < 4.78 is 29.2. The second-order valence-corrected chi connectivity index (χ2v) is 7.45. The SMILES string of the molecule is CNC1(c2ccc(S(=O)(=O)C(C)C)cc2)COC1. The molecule has 0 amide bonds. The van der Waals surface area contributed by atoms with Crippen LogP contribution in [0, 0.1) is 0 Å². The summed E-state index contributed by atoms with van der Waals surface area (Å²) in [5.41, 5.74) is 0.916. The predicted molar refractivity (Wildman–Crippen MR) is 70.3 cm³/mol. The molecule has 1 aliphatic heterocycles. The number of likely N-dealkylation sites (N-methyl/N-ethyl adjacent to an activating group) is 1. The number of hydrogen-bond acceptors (Lipinski definition) is 4. The molecule has 1 N–H and O–H groups in total. The number of sulfone groups is 1. The van der Waals surface area contributed by atoms with Crippen LogP contribution in [-0.2, 0) is 20.1 Å². The summed E-state index contributed by atoms with van der Waals surface area (Å²) in [6, 6.07) is 7.10. The number of hydrogen-bond donors (Lipinski definition) is 1. The lowest BCUT2D eigenvalue weighted by Gasteiger charge is -2.41. The number of nitrogens with one attached hydrogen (secondary N) is 1. The highest BCUT2D eigenvalue weighted by Gasteiger charge is 2.38. The van der Waals surface area contributed by atoms with Crippen molar-refractivity contribution >= 4 is 9.84 Å². The molecule has 0 atom stereocenters. The average Bonchev–Trinajstić information content (AvgIpc) is 2.29. The van der Waals surface area contributed by atoms with Gasteiger partial charge in [-0.1, -0.05) is 12.1 Å². The summed E-state index contributed by atoms with van der Waals surface area (Å²) in [5, 5.41) is 2.84. The number of benzene rings is 1. The zero-order valence-electron chi connectivity index (χ0n) is 10.9. The van der Waals surface area contributed by atoms with Crippen molar-refractivity contribution in [3.05, 3.63) is 29.8 Å². The van der Waals surface area contributed by atoms with Crippen LogP contribution in [-0.4, -0.2) is 33.9 Å². The standard InChI is InChI=1S/C13H19NO3S/c1-10(2)18(15,16)12-6-4-11(5-7-12)13(14-3)8-17-9-13/h4-7,10,14H,8-9H2,1-3H3. The first-order chi connectivity index (χ1) is 8.42. The van der Waals surface area contributed by atoms with Gasteiger partial charge >= 0.3 is 0 Å². The minimum absolute atomic E-state index is 0.153. The maximum absolute atomic E-state index is 12.0. The largest absolute Gasteiger partial charge is 0.377 e. The van der Waals surface area contributed by atoms with Crippen LogP contribution < -0.4 is 5.32 Å². The Balaban J connectivity index is 2.31. The van der Waals surface area contributed by atoms with E-state index in [1.54, 1.807) is 26.0 Å². The van der Waals surface area contributed by atoms with Crippen LogP contribution in [0.15, 0.2) is 29.2 Å². The molecule has 4 nitrogen and oxygen atoms in total. The molecule has 0 radical (unpaired) electrons. The fraction of sp³-hybridized carbons (Fsp3) is 0.538. The molecular weight excluding hydrogens is 250 g/mol. The van der Waals surface area contributed by atoms with Crippen LogP contribution in [0.25, 0.3) is 0 Å². The Labute approximate surface area is 108 Å². The third kappa shape index (κ3) is 2.06. The van der Waals surface area contributed by atoms with Gasteiger partial charge in [0.2, 0.25) is 0 Å². The molecule has 0 spiro atoms. The van der Waals surface area contributed by atoms with E-state index in [0.717, 1.165) is 5.56 Å². The lowest BCUT2D eigenvalue weighted by Crippen LogP contribution is -2.56. The van der Waals surface area contributed by atoms with Gasteiger partial charge in [0.15, 0.2) is 9.84 Å². The number of ether oxygens (including phenoxy) is 1. The van der Waals surface area contributed by atoms with Crippen LogP contribution in [0.3, 0.4) is 0 Å². The summed E-state index contributed by atoms with van der Waals surface area (Å²) in [6.45, 7) is 4.63. The van der Waals surface area contributed by atoms with E-state index in [2.05, 4.69) is 5.32 Å². The Kier molecular flexibility index (Phi) is 3.49. The molecule has 0 unspecified atom stereocenters.